The van der Waals surface area contributed by atoms with Crippen LogP contribution in [-0.4, -0.2) is 57.2 Å². The minimum atomic E-state index is 0.484. The summed E-state index contributed by atoms with van der Waals surface area (Å²) in [5.74, 6) is 3.56. The van der Waals surface area contributed by atoms with Gasteiger partial charge in [0.15, 0.2) is 17.3 Å². The summed E-state index contributed by atoms with van der Waals surface area (Å²) in [6, 6.07) is 61.7. The van der Waals surface area contributed by atoms with Crippen LogP contribution in [0, 0.1) is 0 Å². The molecule has 0 radical (unpaired) electrons. The molecule has 0 fully saturated rings. The third-order valence-corrected chi connectivity index (χ3v) is 12.3. The smallest absolute Gasteiger partial charge is 0.220 e. The summed E-state index contributed by atoms with van der Waals surface area (Å²) in [5.41, 5.74) is 14.1. The molecule has 0 N–H and O–H groups in total. The number of anilines is 3. The van der Waals surface area contributed by atoms with E-state index in [4.69, 9.17) is 28.2 Å². The summed E-state index contributed by atoms with van der Waals surface area (Å²) in [6.45, 7) is 0. The van der Waals surface area contributed by atoms with E-state index >= 15 is 0 Å². The second kappa shape index (κ2) is 20.8. The van der Waals surface area contributed by atoms with Gasteiger partial charge in [-0.3, -0.25) is 0 Å². The molecule has 0 bridgehead atoms. The fourth-order valence-electron chi connectivity index (χ4n) is 8.41. The van der Waals surface area contributed by atoms with Gasteiger partial charge in [0, 0.05) is 111 Å². The number of hydrogen-bond donors (Lipinski definition) is 0. The average molecular weight is 943 g/mol. The van der Waals surface area contributed by atoms with Gasteiger partial charge >= 0.3 is 0 Å². The molecule has 354 valence electrons. The van der Waals surface area contributed by atoms with Crippen LogP contribution in [0.3, 0.4) is 0 Å². The standard InChI is InChI=1S/C63H54N6O3/c1-67(2)52-31-25-46(26-32-52)58-61(49-16-10-7-11-17-49)70-55(64-58)37-22-43-40-44(23-38-56-65-59(47-27-33-53(34-28-47)68(3)4)62(71-56)50-18-12-8-13-19-50)42-45(41-43)24-39-57-66-60(48-29-35-54(36-30-48)69(5)6)63(72-57)51-20-14-9-15-21-51/h7-42H,1-6H3/b37-22+,38-23+,39-24?. The molecular formula is C63H54N6O3. The first kappa shape index (κ1) is 46.5. The highest BCUT2D eigenvalue weighted by atomic mass is 16.4. The largest absolute Gasteiger partial charge is 0.436 e. The molecule has 0 saturated carbocycles. The Morgan fingerprint density at radius 3 is 0.778 bits per heavy atom. The molecule has 0 aliphatic heterocycles. The van der Waals surface area contributed by atoms with E-state index in [1.165, 1.54) is 0 Å². The van der Waals surface area contributed by atoms with Crippen molar-refractivity contribution in [1.29, 1.82) is 0 Å². The Morgan fingerprint density at radius 1 is 0.292 bits per heavy atom. The quantitative estimate of drug-likeness (QED) is 0.0997. The molecule has 0 spiro atoms. The second-order valence-electron chi connectivity index (χ2n) is 18.0. The van der Waals surface area contributed by atoms with E-state index in [1.807, 2.05) is 170 Å². The van der Waals surface area contributed by atoms with Gasteiger partial charge in [0.1, 0.15) is 17.1 Å². The van der Waals surface area contributed by atoms with Gasteiger partial charge in [-0.1, -0.05) is 127 Å². The molecule has 10 rings (SSSR count). The van der Waals surface area contributed by atoms with Crippen molar-refractivity contribution in [3.63, 3.8) is 0 Å². The zero-order chi connectivity index (χ0) is 49.6. The molecule has 7 aromatic carbocycles. The van der Waals surface area contributed by atoms with Crippen molar-refractivity contribution < 1.29 is 13.3 Å². The topological polar surface area (TPSA) is 87.8 Å². The summed E-state index contributed by atoms with van der Waals surface area (Å²) >= 11 is 0. The number of aromatic nitrogens is 3. The maximum Gasteiger partial charge on any atom is 0.220 e. The van der Waals surface area contributed by atoms with Crippen LogP contribution in [-0.2, 0) is 0 Å². The predicted molar refractivity (Wildman–Crippen MR) is 298 cm³/mol. The minimum absolute atomic E-state index is 0.484. The highest BCUT2D eigenvalue weighted by molar-refractivity contribution is 5.84. The molecule has 0 aliphatic carbocycles. The Balaban J connectivity index is 1.04. The fourth-order valence-corrected chi connectivity index (χ4v) is 8.41. The van der Waals surface area contributed by atoms with E-state index in [0.29, 0.717) is 35.0 Å². The van der Waals surface area contributed by atoms with Crippen LogP contribution < -0.4 is 14.7 Å². The average Bonchev–Trinajstić information content (AvgIpc) is 4.18. The van der Waals surface area contributed by atoms with Crippen molar-refractivity contribution in [1.82, 2.24) is 15.0 Å². The summed E-state index contributed by atoms with van der Waals surface area (Å²) in [7, 11) is 12.2. The van der Waals surface area contributed by atoms with Gasteiger partial charge in [0.05, 0.1) is 0 Å². The molecule has 0 unspecified atom stereocenters. The Kier molecular flexibility index (Phi) is 13.4. The zero-order valence-corrected chi connectivity index (χ0v) is 41.2. The maximum absolute atomic E-state index is 6.55. The van der Waals surface area contributed by atoms with Crippen molar-refractivity contribution in [2.45, 2.75) is 0 Å². The third kappa shape index (κ3) is 10.5. The Bertz CT molecular complexity index is 3120. The van der Waals surface area contributed by atoms with Crippen molar-refractivity contribution in [3.8, 4) is 67.7 Å². The predicted octanol–water partition coefficient (Wildman–Crippen LogP) is 15.4. The Hall–Kier alpha value is -9.21. The normalized spacial score (nSPS) is 11.6. The number of hydrogen-bond acceptors (Lipinski definition) is 9. The van der Waals surface area contributed by atoms with Gasteiger partial charge < -0.3 is 28.0 Å². The van der Waals surface area contributed by atoms with Crippen LogP contribution in [0.15, 0.2) is 195 Å². The first-order valence-electron chi connectivity index (χ1n) is 23.8. The van der Waals surface area contributed by atoms with E-state index in [9.17, 15) is 0 Å². The SMILES string of the molecule is CN(C)c1ccc(-c2nc(C=Cc3cc(/C=C/c4nc(-c5ccc(N(C)C)cc5)c(-c5ccccc5)o4)cc(/C=C/c4nc(-c5ccc(N(C)C)cc5)c(-c5ccccc5)o4)c3)oc2-c2ccccc2)cc1. The molecule has 0 atom stereocenters. The lowest BCUT2D eigenvalue weighted by molar-refractivity contribution is 0.560. The molecule has 9 nitrogen and oxygen atoms in total. The van der Waals surface area contributed by atoms with Crippen LogP contribution in [0.1, 0.15) is 34.4 Å². The van der Waals surface area contributed by atoms with Crippen LogP contribution >= 0.6 is 0 Å². The Labute approximate surface area is 421 Å². The van der Waals surface area contributed by atoms with Gasteiger partial charge in [-0.2, -0.15) is 0 Å². The molecule has 0 amide bonds. The number of rotatable bonds is 15. The number of oxazole rings is 3. The minimum Gasteiger partial charge on any atom is -0.436 e. The van der Waals surface area contributed by atoms with Gasteiger partial charge in [0.25, 0.3) is 0 Å². The van der Waals surface area contributed by atoms with Gasteiger partial charge in [-0.25, -0.2) is 15.0 Å². The van der Waals surface area contributed by atoms with Gasteiger partial charge in [-0.15, -0.1) is 0 Å². The highest BCUT2D eigenvalue weighted by Gasteiger charge is 2.19. The molecule has 10 aromatic rings. The lowest BCUT2D eigenvalue weighted by atomic mass is 10.0. The summed E-state index contributed by atoms with van der Waals surface area (Å²) in [4.78, 5) is 21.4. The molecular weight excluding hydrogens is 889 g/mol. The van der Waals surface area contributed by atoms with Crippen molar-refractivity contribution >= 4 is 53.5 Å². The van der Waals surface area contributed by atoms with Crippen LogP contribution in [0.4, 0.5) is 17.1 Å². The zero-order valence-electron chi connectivity index (χ0n) is 41.2. The molecule has 9 heteroatoms. The molecule has 72 heavy (non-hydrogen) atoms. The Morgan fingerprint density at radius 2 is 0.542 bits per heavy atom. The van der Waals surface area contributed by atoms with Crippen molar-refractivity contribution in [3.05, 3.63) is 216 Å². The summed E-state index contributed by atoms with van der Waals surface area (Å²) in [6.07, 6.45) is 11.8. The first-order chi connectivity index (χ1) is 35.1. The van der Waals surface area contributed by atoms with Gasteiger partial charge in [0.2, 0.25) is 17.7 Å². The van der Waals surface area contributed by atoms with E-state index in [1.54, 1.807) is 0 Å². The van der Waals surface area contributed by atoms with Crippen LogP contribution in [0.5, 0.6) is 0 Å². The van der Waals surface area contributed by atoms with Gasteiger partial charge in [-0.05, 0) is 89.5 Å². The summed E-state index contributed by atoms with van der Waals surface area (Å²) < 4.78 is 19.7. The van der Waals surface area contributed by atoms with Crippen molar-refractivity contribution in [2.24, 2.45) is 0 Å². The van der Waals surface area contributed by atoms with E-state index in [2.05, 4.69) is 106 Å². The maximum atomic E-state index is 6.55. The number of benzene rings is 7. The van der Waals surface area contributed by atoms with Crippen LogP contribution in [0.25, 0.3) is 104 Å². The number of nitrogens with zero attached hydrogens (tertiary/aromatic N) is 6. The highest BCUT2D eigenvalue weighted by Crippen LogP contribution is 2.37. The molecule has 3 aromatic heterocycles. The lowest BCUT2D eigenvalue weighted by Crippen LogP contribution is -2.07. The van der Waals surface area contributed by atoms with E-state index in [-0.39, 0.29) is 0 Å². The molecule has 0 aliphatic rings. The lowest BCUT2D eigenvalue weighted by Gasteiger charge is -2.12. The fraction of sp³-hybridized carbons (Fsp3) is 0.0952. The first-order valence-corrected chi connectivity index (χ1v) is 23.8. The monoisotopic (exact) mass is 942 g/mol. The second-order valence-corrected chi connectivity index (χ2v) is 18.0. The third-order valence-electron chi connectivity index (χ3n) is 12.3. The van der Waals surface area contributed by atoms with E-state index in [0.717, 1.165) is 84.2 Å². The molecule has 3 heterocycles. The summed E-state index contributed by atoms with van der Waals surface area (Å²) in [5, 5.41) is 0. The van der Waals surface area contributed by atoms with Crippen LogP contribution in [0.2, 0.25) is 0 Å². The molecule has 0 saturated heterocycles. The van der Waals surface area contributed by atoms with Crippen molar-refractivity contribution in [2.75, 3.05) is 57.0 Å². The van der Waals surface area contributed by atoms with E-state index < -0.39 is 0 Å².